The highest BCUT2D eigenvalue weighted by molar-refractivity contribution is 5.59. The summed E-state index contributed by atoms with van der Waals surface area (Å²) in [5, 5.41) is 2.69. The maximum Gasteiger partial charge on any atom is 0.417 e. The number of anilines is 1. The number of para-hydroxylation sites is 1. The normalized spacial score (nSPS) is 11.4. The van der Waals surface area contributed by atoms with Crippen LogP contribution in [0.25, 0.3) is 11.3 Å². The van der Waals surface area contributed by atoms with Crippen LogP contribution in [0.15, 0.2) is 60.8 Å². The standard InChI is InChI=1S/C19H13F5N2/c20-15-2-1-3-16(21)18(15)26-10-12-4-6-13(7-5-12)17-9-8-14(11-25-17)19(22,23)24/h1-9,11,26H,10H2. The van der Waals surface area contributed by atoms with Crippen molar-refractivity contribution in [2.24, 2.45) is 0 Å². The Kier molecular flexibility index (Phi) is 4.88. The van der Waals surface area contributed by atoms with Gasteiger partial charge in [-0.25, -0.2) is 8.78 Å². The fraction of sp³-hybridized carbons (Fsp3) is 0.105. The number of pyridine rings is 1. The summed E-state index contributed by atoms with van der Waals surface area (Å²) < 4.78 is 64.8. The van der Waals surface area contributed by atoms with Crippen molar-refractivity contribution in [3.63, 3.8) is 0 Å². The first kappa shape index (κ1) is 17.8. The Hall–Kier alpha value is -2.96. The molecule has 3 aromatic rings. The zero-order valence-electron chi connectivity index (χ0n) is 13.3. The second kappa shape index (κ2) is 7.11. The Labute approximate surface area is 146 Å². The first-order chi connectivity index (χ1) is 12.3. The van der Waals surface area contributed by atoms with E-state index in [9.17, 15) is 22.0 Å². The van der Waals surface area contributed by atoms with Gasteiger partial charge in [0.05, 0.1) is 11.3 Å². The molecule has 0 bridgehead atoms. The third-order valence-corrected chi connectivity index (χ3v) is 3.77. The molecule has 2 aromatic carbocycles. The number of alkyl halides is 3. The molecule has 0 saturated carbocycles. The summed E-state index contributed by atoms with van der Waals surface area (Å²) in [4.78, 5) is 3.83. The molecule has 0 aliphatic heterocycles. The van der Waals surface area contributed by atoms with Gasteiger partial charge in [0.1, 0.15) is 17.3 Å². The SMILES string of the molecule is Fc1cccc(F)c1NCc1ccc(-c2ccc(C(F)(F)F)cn2)cc1. The zero-order chi connectivity index (χ0) is 18.7. The lowest BCUT2D eigenvalue weighted by molar-refractivity contribution is -0.137. The van der Waals surface area contributed by atoms with Crippen molar-refractivity contribution in [3.8, 4) is 11.3 Å². The summed E-state index contributed by atoms with van der Waals surface area (Å²) in [6.45, 7) is 0.193. The van der Waals surface area contributed by atoms with Crippen molar-refractivity contribution >= 4 is 5.69 Å². The van der Waals surface area contributed by atoms with E-state index in [2.05, 4.69) is 10.3 Å². The molecule has 2 nitrogen and oxygen atoms in total. The molecule has 0 unspecified atom stereocenters. The minimum absolute atomic E-state index is 0.193. The number of hydrogen-bond donors (Lipinski definition) is 1. The minimum Gasteiger partial charge on any atom is -0.376 e. The quantitative estimate of drug-likeness (QED) is 0.605. The van der Waals surface area contributed by atoms with Gasteiger partial charge in [0.15, 0.2) is 0 Å². The summed E-state index contributed by atoms with van der Waals surface area (Å²) in [5.41, 5.74) is 0.774. The van der Waals surface area contributed by atoms with Crippen molar-refractivity contribution in [2.45, 2.75) is 12.7 Å². The summed E-state index contributed by atoms with van der Waals surface area (Å²) in [6, 6.07) is 12.6. The number of nitrogens with one attached hydrogen (secondary N) is 1. The monoisotopic (exact) mass is 364 g/mol. The van der Waals surface area contributed by atoms with E-state index in [1.54, 1.807) is 24.3 Å². The third kappa shape index (κ3) is 3.99. The maximum absolute atomic E-state index is 13.6. The molecule has 1 heterocycles. The molecule has 0 atom stereocenters. The van der Waals surface area contributed by atoms with Crippen LogP contribution in [0.5, 0.6) is 0 Å². The van der Waals surface area contributed by atoms with Crippen molar-refractivity contribution in [3.05, 3.63) is 83.6 Å². The average Bonchev–Trinajstić information content (AvgIpc) is 2.61. The average molecular weight is 364 g/mol. The van der Waals surface area contributed by atoms with Crippen molar-refractivity contribution in [1.29, 1.82) is 0 Å². The highest BCUT2D eigenvalue weighted by Crippen LogP contribution is 2.29. The van der Waals surface area contributed by atoms with E-state index in [0.29, 0.717) is 11.3 Å². The van der Waals surface area contributed by atoms with E-state index in [0.717, 1.165) is 30.0 Å². The van der Waals surface area contributed by atoms with Gasteiger partial charge >= 0.3 is 6.18 Å². The van der Waals surface area contributed by atoms with E-state index < -0.39 is 23.4 Å². The lowest BCUT2D eigenvalue weighted by Gasteiger charge is -2.10. The Bertz CT molecular complexity index is 867. The molecule has 26 heavy (non-hydrogen) atoms. The number of halogens is 5. The van der Waals surface area contributed by atoms with Gasteiger partial charge in [-0.3, -0.25) is 4.98 Å². The van der Waals surface area contributed by atoms with Crippen LogP contribution in [0.4, 0.5) is 27.6 Å². The summed E-state index contributed by atoms with van der Waals surface area (Å²) in [6.07, 6.45) is -3.64. The molecule has 0 saturated heterocycles. The van der Waals surface area contributed by atoms with E-state index >= 15 is 0 Å². The summed E-state index contributed by atoms with van der Waals surface area (Å²) >= 11 is 0. The van der Waals surface area contributed by atoms with Crippen LogP contribution in [-0.2, 0) is 12.7 Å². The van der Waals surface area contributed by atoms with Gasteiger partial charge in [0.25, 0.3) is 0 Å². The van der Waals surface area contributed by atoms with Crippen molar-refractivity contribution < 1.29 is 22.0 Å². The molecule has 0 fully saturated rings. The Balaban J connectivity index is 1.71. The molecule has 1 N–H and O–H groups in total. The molecule has 0 aliphatic carbocycles. The Morgan fingerprint density at radius 2 is 1.50 bits per heavy atom. The van der Waals surface area contributed by atoms with Crippen molar-refractivity contribution in [2.75, 3.05) is 5.32 Å². The molecule has 0 radical (unpaired) electrons. The van der Waals surface area contributed by atoms with E-state index in [1.165, 1.54) is 12.1 Å². The van der Waals surface area contributed by atoms with Gasteiger partial charge in [0, 0.05) is 18.3 Å². The molecular weight excluding hydrogens is 351 g/mol. The number of aromatic nitrogens is 1. The lowest BCUT2D eigenvalue weighted by Crippen LogP contribution is -2.05. The first-order valence-electron chi connectivity index (χ1n) is 7.65. The van der Waals surface area contributed by atoms with Gasteiger partial charge < -0.3 is 5.32 Å². The Morgan fingerprint density at radius 1 is 0.846 bits per heavy atom. The molecule has 0 amide bonds. The smallest absolute Gasteiger partial charge is 0.376 e. The van der Waals surface area contributed by atoms with Gasteiger partial charge in [-0.05, 0) is 29.8 Å². The van der Waals surface area contributed by atoms with Gasteiger partial charge in [-0.1, -0.05) is 30.3 Å². The molecule has 0 spiro atoms. The predicted molar refractivity (Wildman–Crippen MR) is 88.4 cm³/mol. The van der Waals surface area contributed by atoms with E-state index in [-0.39, 0.29) is 12.2 Å². The van der Waals surface area contributed by atoms with E-state index in [1.807, 2.05) is 0 Å². The van der Waals surface area contributed by atoms with Crippen LogP contribution < -0.4 is 5.32 Å². The van der Waals surface area contributed by atoms with Crippen LogP contribution in [0.3, 0.4) is 0 Å². The summed E-state index contributed by atoms with van der Waals surface area (Å²) in [5.74, 6) is -1.37. The lowest BCUT2D eigenvalue weighted by atomic mass is 10.1. The fourth-order valence-electron chi connectivity index (χ4n) is 2.38. The highest BCUT2D eigenvalue weighted by Gasteiger charge is 2.30. The Morgan fingerprint density at radius 3 is 2.04 bits per heavy atom. The highest BCUT2D eigenvalue weighted by atomic mass is 19.4. The molecular formula is C19H13F5N2. The minimum atomic E-state index is -4.43. The van der Waals surface area contributed by atoms with E-state index in [4.69, 9.17) is 0 Å². The maximum atomic E-state index is 13.6. The zero-order valence-corrected chi connectivity index (χ0v) is 13.3. The first-order valence-corrected chi connectivity index (χ1v) is 7.65. The molecule has 1 aromatic heterocycles. The molecule has 7 heteroatoms. The van der Waals surface area contributed by atoms with Crippen LogP contribution >= 0.6 is 0 Å². The molecule has 3 rings (SSSR count). The second-order valence-electron chi connectivity index (χ2n) is 5.58. The number of nitrogens with zero attached hydrogens (tertiary/aromatic N) is 1. The number of hydrogen-bond acceptors (Lipinski definition) is 2. The predicted octanol–water partition coefficient (Wildman–Crippen LogP) is 5.66. The fourth-order valence-corrected chi connectivity index (χ4v) is 2.38. The van der Waals surface area contributed by atoms with Gasteiger partial charge in [0.2, 0.25) is 0 Å². The van der Waals surface area contributed by atoms with Crippen molar-refractivity contribution in [1.82, 2.24) is 4.98 Å². The third-order valence-electron chi connectivity index (χ3n) is 3.77. The van der Waals surface area contributed by atoms with Crippen LogP contribution in [-0.4, -0.2) is 4.98 Å². The topological polar surface area (TPSA) is 24.9 Å². The largest absolute Gasteiger partial charge is 0.417 e. The molecule has 0 aliphatic rings. The van der Waals surface area contributed by atoms with Crippen LogP contribution in [0, 0.1) is 11.6 Å². The number of benzene rings is 2. The second-order valence-corrected chi connectivity index (χ2v) is 5.58. The summed E-state index contributed by atoms with van der Waals surface area (Å²) in [7, 11) is 0. The number of rotatable bonds is 4. The van der Waals surface area contributed by atoms with Crippen LogP contribution in [0.1, 0.15) is 11.1 Å². The van der Waals surface area contributed by atoms with Gasteiger partial charge in [-0.15, -0.1) is 0 Å². The molecule has 134 valence electrons. The van der Waals surface area contributed by atoms with Gasteiger partial charge in [-0.2, -0.15) is 13.2 Å². The van der Waals surface area contributed by atoms with Crippen LogP contribution in [0.2, 0.25) is 0 Å².